The standard InChI is InChI=1S/C12H14BrNO2/c1-16-12(15)7-14-11-5-8-2-3-10(13)4-9(8)6-11/h2-4,11,14H,5-7H2,1H3. The van der Waals surface area contributed by atoms with Gasteiger partial charge in [0.1, 0.15) is 0 Å². The first-order valence-electron chi connectivity index (χ1n) is 5.26. The highest BCUT2D eigenvalue weighted by Gasteiger charge is 2.21. The van der Waals surface area contributed by atoms with Gasteiger partial charge < -0.3 is 10.1 Å². The first-order valence-corrected chi connectivity index (χ1v) is 6.06. The summed E-state index contributed by atoms with van der Waals surface area (Å²) >= 11 is 3.46. The van der Waals surface area contributed by atoms with Crippen LogP contribution in [-0.4, -0.2) is 25.7 Å². The number of carbonyl (C=O) groups is 1. The Balaban J connectivity index is 1.93. The third-order valence-corrected chi connectivity index (χ3v) is 3.36. The molecule has 1 atom stereocenters. The molecule has 0 bridgehead atoms. The Morgan fingerprint density at radius 1 is 1.50 bits per heavy atom. The molecule has 1 aliphatic carbocycles. The van der Waals surface area contributed by atoms with Gasteiger partial charge in [0.2, 0.25) is 0 Å². The van der Waals surface area contributed by atoms with Crippen LogP contribution < -0.4 is 5.32 Å². The van der Waals surface area contributed by atoms with Crippen LogP contribution in [0.3, 0.4) is 0 Å². The van der Waals surface area contributed by atoms with Crippen molar-refractivity contribution in [1.82, 2.24) is 5.32 Å². The molecule has 0 saturated heterocycles. The summed E-state index contributed by atoms with van der Waals surface area (Å²) in [7, 11) is 1.41. The van der Waals surface area contributed by atoms with E-state index in [0.29, 0.717) is 6.04 Å². The van der Waals surface area contributed by atoms with Crippen molar-refractivity contribution in [3.05, 3.63) is 33.8 Å². The van der Waals surface area contributed by atoms with Crippen molar-refractivity contribution in [3.8, 4) is 0 Å². The summed E-state index contributed by atoms with van der Waals surface area (Å²) in [4.78, 5) is 11.0. The normalized spacial score (nSPS) is 18.2. The summed E-state index contributed by atoms with van der Waals surface area (Å²) < 4.78 is 5.71. The van der Waals surface area contributed by atoms with E-state index in [1.54, 1.807) is 0 Å². The smallest absolute Gasteiger partial charge is 0.319 e. The van der Waals surface area contributed by atoms with E-state index in [4.69, 9.17) is 0 Å². The highest BCUT2D eigenvalue weighted by atomic mass is 79.9. The quantitative estimate of drug-likeness (QED) is 0.858. The number of hydrogen-bond donors (Lipinski definition) is 1. The summed E-state index contributed by atoms with van der Waals surface area (Å²) in [5.41, 5.74) is 2.72. The van der Waals surface area contributed by atoms with Crippen LogP contribution in [0.5, 0.6) is 0 Å². The molecule has 0 spiro atoms. The van der Waals surface area contributed by atoms with Crippen molar-refractivity contribution in [2.75, 3.05) is 13.7 Å². The maximum atomic E-state index is 11.0. The minimum absolute atomic E-state index is 0.211. The van der Waals surface area contributed by atoms with Gasteiger partial charge in [-0.05, 0) is 36.1 Å². The molecule has 1 aromatic rings. The predicted octanol–water partition coefficient (Wildman–Crippen LogP) is 1.68. The number of ether oxygens (including phenoxy) is 1. The summed E-state index contributed by atoms with van der Waals surface area (Å²) in [5.74, 6) is -0.211. The zero-order chi connectivity index (χ0) is 11.5. The highest BCUT2D eigenvalue weighted by molar-refractivity contribution is 9.10. The number of carbonyl (C=O) groups excluding carboxylic acids is 1. The Kier molecular flexibility index (Phi) is 3.61. The van der Waals surface area contributed by atoms with E-state index in [1.165, 1.54) is 18.2 Å². The molecular formula is C12H14BrNO2. The lowest BCUT2D eigenvalue weighted by molar-refractivity contribution is -0.139. The summed E-state index contributed by atoms with van der Waals surface area (Å²) in [6.45, 7) is 0.288. The third-order valence-electron chi connectivity index (χ3n) is 2.86. The Morgan fingerprint density at radius 2 is 2.25 bits per heavy atom. The number of nitrogens with one attached hydrogen (secondary N) is 1. The fourth-order valence-corrected chi connectivity index (χ4v) is 2.44. The lowest BCUT2D eigenvalue weighted by Crippen LogP contribution is -2.34. The van der Waals surface area contributed by atoms with Crippen molar-refractivity contribution in [1.29, 1.82) is 0 Å². The van der Waals surface area contributed by atoms with Crippen molar-refractivity contribution < 1.29 is 9.53 Å². The maximum Gasteiger partial charge on any atom is 0.319 e. The number of methoxy groups -OCH3 is 1. The van der Waals surface area contributed by atoms with Gasteiger partial charge in [-0.15, -0.1) is 0 Å². The molecule has 0 radical (unpaired) electrons. The second kappa shape index (κ2) is 4.97. The predicted molar refractivity (Wildman–Crippen MR) is 65.4 cm³/mol. The molecule has 0 saturated carbocycles. The second-order valence-electron chi connectivity index (χ2n) is 3.98. The molecule has 0 fully saturated rings. The van der Waals surface area contributed by atoms with Gasteiger partial charge in [-0.3, -0.25) is 4.79 Å². The molecule has 4 heteroatoms. The first kappa shape index (κ1) is 11.6. The van der Waals surface area contributed by atoms with E-state index >= 15 is 0 Å². The van der Waals surface area contributed by atoms with Gasteiger partial charge in [0.15, 0.2) is 0 Å². The van der Waals surface area contributed by atoms with Gasteiger partial charge >= 0.3 is 5.97 Å². The molecule has 1 aromatic carbocycles. The van der Waals surface area contributed by atoms with E-state index in [0.717, 1.165) is 17.3 Å². The summed E-state index contributed by atoms with van der Waals surface area (Å²) in [5, 5.41) is 3.21. The second-order valence-corrected chi connectivity index (χ2v) is 4.89. The molecule has 3 nitrogen and oxygen atoms in total. The van der Waals surface area contributed by atoms with Crippen LogP contribution in [0.2, 0.25) is 0 Å². The number of benzene rings is 1. The van der Waals surface area contributed by atoms with E-state index < -0.39 is 0 Å². The third kappa shape index (κ3) is 2.62. The zero-order valence-electron chi connectivity index (χ0n) is 9.13. The highest BCUT2D eigenvalue weighted by Crippen LogP contribution is 2.25. The van der Waals surface area contributed by atoms with Gasteiger partial charge in [-0.1, -0.05) is 22.0 Å². The Bertz CT molecular complexity index is 406. The van der Waals surface area contributed by atoms with Gasteiger partial charge in [0.05, 0.1) is 13.7 Å². The zero-order valence-corrected chi connectivity index (χ0v) is 10.7. The number of fused-ring (bicyclic) bond motifs is 1. The monoisotopic (exact) mass is 283 g/mol. The van der Waals surface area contributed by atoms with E-state index in [2.05, 4.69) is 44.2 Å². The van der Waals surface area contributed by atoms with Crippen LogP contribution in [0.15, 0.2) is 22.7 Å². The van der Waals surface area contributed by atoms with E-state index in [-0.39, 0.29) is 12.5 Å². The molecule has 2 rings (SSSR count). The van der Waals surface area contributed by atoms with Crippen LogP contribution in [-0.2, 0) is 22.4 Å². The molecule has 0 aliphatic heterocycles. The van der Waals surface area contributed by atoms with Crippen LogP contribution in [0, 0.1) is 0 Å². The average molecular weight is 284 g/mol. The molecule has 0 amide bonds. The molecule has 86 valence electrons. The average Bonchev–Trinajstić information content (AvgIpc) is 2.67. The largest absolute Gasteiger partial charge is 0.468 e. The molecule has 0 aromatic heterocycles. The van der Waals surface area contributed by atoms with Crippen molar-refractivity contribution in [3.63, 3.8) is 0 Å². The van der Waals surface area contributed by atoms with Crippen LogP contribution in [0.1, 0.15) is 11.1 Å². The van der Waals surface area contributed by atoms with Gasteiger partial charge in [-0.2, -0.15) is 0 Å². The van der Waals surface area contributed by atoms with Crippen molar-refractivity contribution in [2.45, 2.75) is 18.9 Å². The Hall–Kier alpha value is -0.870. The van der Waals surface area contributed by atoms with Crippen molar-refractivity contribution >= 4 is 21.9 Å². The van der Waals surface area contributed by atoms with Gasteiger partial charge in [-0.25, -0.2) is 0 Å². The SMILES string of the molecule is COC(=O)CNC1Cc2ccc(Br)cc2C1. The van der Waals surface area contributed by atoms with E-state index in [1.807, 2.05) is 0 Å². The lowest BCUT2D eigenvalue weighted by atomic mass is 10.1. The molecule has 16 heavy (non-hydrogen) atoms. The molecule has 0 heterocycles. The number of hydrogen-bond acceptors (Lipinski definition) is 3. The Morgan fingerprint density at radius 3 is 3.00 bits per heavy atom. The van der Waals surface area contributed by atoms with Gasteiger partial charge in [0.25, 0.3) is 0 Å². The minimum Gasteiger partial charge on any atom is -0.468 e. The lowest BCUT2D eigenvalue weighted by Gasteiger charge is -2.09. The fraction of sp³-hybridized carbons (Fsp3) is 0.417. The fourth-order valence-electron chi connectivity index (χ4n) is 2.03. The molecule has 1 unspecified atom stereocenters. The van der Waals surface area contributed by atoms with Gasteiger partial charge in [0, 0.05) is 10.5 Å². The molecular weight excluding hydrogens is 270 g/mol. The molecule has 1 N–H and O–H groups in total. The number of esters is 1. The van der Waals surface area contributed by atoms with Crippen LogP contribution in [0.25, 0.3) is 0 Å². The molecule has 1 aliphatic rings. The minimum atomic E-state index is -0.211. The Labute approximate surface area is 103 Å². The maximum absolute atomic E-state index is 11.0. The van der Waals surface area contributed by atoms with Crippen LogP contribution in [0.4, 0.5) is 0 Å². The first-order chi connectivity index (χ1) is 7.69. The van der Waals surface area contributed by atoms with Crippen LogP contribution >= 0.6 is 15.9 Å². The number of rotatable bonds is 3. The van der Waals surface area contributed by atoms with E-state index in [9.17, 15) is 4.79 Å². The number of halogens is 1. The van der Waals surface area contributed by atoms with Crippen molar-refractivity contribution in [2.24, 2.45) is 0 Å². The topological polar surface area (TPSA) is 38.3 Å². The summed E-state index contributed by atoms with van der Waals surface area (Å²) in [6.07, 6.45) is 1.96. The summed E-state index contributed by atoms with van der Waals surface area (Å²) in [6, 6.07) is 6.69.